The summed E-state index contributed by atoms with van der Waals surface area (Å²) in [7, 11) is 0. The number of carboxylic acids is 1. The van der Waals surface area contributed by atoms with Crippen molar-refractivity contribution in [1.82, 2.24) is 4.98 Å². The molecule has 158 valence electrons. The molecule has 5 rings (SSSR count). The number of fused-ring (bicyclic) bond motifs is 1. The minimum Gasteiger partial charge on any atom is -0.493 e. The normalized spacial score (nSPS) is 17.4. The van der Waals surface area contributed by atoms with Crippen LogP contribution in [0, 0.1) is 0 Å². The molecule has 1 fully saturated rings. The van der Waals surface area contributed by atoms with Crippen LogP contribution in [0.15, 0.2) is 60.9 Å². The van der Waals surface area contributed by atoms with E-state index in [9.17, 15) is 9.90 Å². The largest absolute Gasteiger partial charge is 0.493 e. The first kappa shape index (κ1) is 19.4. The van der Waals surface area contributed by atoms with Crippen molar-refractivity contribution in [3.63, 3.8) is 0 Å². The Labute approximate surface area is 181 Å². The van der Waals surface area contributed by atoms with Crippen LogP contribution >= 0.6 is 0 Å². The lowest BCUT2D eigenvalue weighted by molar-refractivity contribution is 0.0697. The third kappa shape index (κ3) is 4.33. The number of carbonyl (C=O) groups is 1. The molecule has 0 bridgehead atoms. The van der Waals surface area contributed by atoms with Crippen molar-refractivity contribution >= 4 is 23.0 Å². The number of rotatable bonds is 7. The highest BCUT2D eigenvalue weighted by atomic mass is 16.5. The van der Waals surface area contributed by atoms with Crippen molar-refractivity contribution in [2.45, 2.75) is 31.1 Å². The predicted octanol–water partition coefficient (Wildman–Crippen LogP) is 5.38. The molecule has 2 heterocycles. The van der Waals surface area contributed by atoms with Crippen molar-refractivity contribution in [1.29, 1.82) is 0 Å². The molecule has 1 aliphatic heterocycles. The standard InChI is InChI=1S/C25H25N3O3/c29-25(30)22-9-11-26-15-23(22)27-14-18-10-12-31-24-13-20(7-8-21(18)24)28-19-5-3-17(4-6-19)16-1-2-16/h3-9,11,13,15-16,18,27-28H,1-2,10,12,14H2,(H,29,30)/t18-/m0/s1. The molecular formula is C25H25N3O3. The highest BCUT2D eigenvalue weighted by Crippen LogP contribution is 2.40. The number of aromatic carboxylic acids is 1. The topological polar surface area (TPSA) is 83.5 Å². The zero-order valence-corrected chi connectivity index (χ0v) is 17.2. The van der Waals surface area contributed by atoms with Crippen molar-refractivity contribution in [2.75, 3.05) is 23.8 Å². The van der Waals surface area contributed by atoms with Gasteiger partial charge in [-0.2, -0.15) is 0 Å². The fourth-order valence-electron chi connectivity index (χ4n) is 4.13. The lowest BCUT2D eigenvalue weighted by Gasteiger charge is -2.27. The Morgan fingerprint density at radius 3 is 2.65 bits per heavy atom. The molecule has 0 spiro atoms. The summed E-state index contributed by atoms with van der Waals surface area (Å²) >= 11 is 0. The summed E-state index contributed by atoms with van der Waals surface area (Å²) in [5.74, 6) is 0.910. The van der Waals surface area contributed by atoms with Gasteiger partial charge in [0.1, 0.15) is 5.75 Å². The number of carboxylic acid groups (broad SMARTS) is 1. The predicted molar refractivity (Wildman–Crippen MR) is 121 cm³/mol. The first-order chi connectivity index (χ1) is 15.2. The molecule has 3 N–H and O–H groups in total. The molecule has 1 aliphatic carbocycles. The molecule has 0 radical (unpaired) electrons. The Morgan fingerprint density at radius 1 is 1.06 bits per heavy atom. The molecule has 2 aromatic carbocycles. The summed E-state index contributed by atoms with van der Waals surface area (Å²) in [5, 5.41) is 16.1. The Balaban J connectivity index is 1.28. The van der Waals surface area contributed by atoms with E-state index in [1.807, 2.05) is 6.07 Å². The molecule has 3 aromatic rings. The molecular weight excluding hydrogens is 390 g/mol. The summed E-state index contributed by atoms with van der Waals surface area (Å²) in [6.07, 6.45) is 6.54. The van der Waals surface area contributed by atoms with Crippen molar-refractivity contribution in [2.24, 2.45) is 0 Å². The van der Waals surface area contributed by atoms with E-state index in [0.717, 1.165) is 35.0 Å². The SMILES string of the molecule is O=C(O)c1ccncc1NC[C@@H]1CCOc2cc(Nc3ccc(C4CC4)cc3)ccc21. The molecule has 6 nitrogen and oxygen atoms in total. The smallest absolute Gasteiger partial charge is 0.337 e. The monoisotopic (exact) mass is 415 g/mol. The molecule has 0 saturated heterocycles. The Morgan fingerprint density at radius 2 is 1.87 bits per heavy atom. The van der Waals surface area contributed by atoms with Crippen molar-refractivity contribution < 1.29 is 14.6 Å². The third-order valence-corrected chi connectivity index (χ3v) is 6.02. The van der Waals surface area contributed by atoms with Crippen molar-refractivity contribution in [3.8, 4) is 5.75 Å². The average molecular weight is 415 g/mol. The number of aromatic nitrogens is 1. The number of hydrogen-bond donors (Lipinski definition) is 3. The number of nitrogens with zero attached hydrogens (tertiary/aromatic N) is 1. The summed E-state index contributed by atoms with van der Waals surface area (Å²) in [5.41, 5.74) is 5.39. The lowest BCUT2D eigenvalue weighted by Crippen LogP contribution is -2.21. The van der Waals surface area contributed by atoms with Gasteiger partial charge in [-0.1, -0.05) is 18.2 Å². The van der Waals surface area contributed by atoms with E-state index in [-0.39, 0.29) is 11.5 Å². The van der Waals surface area contributed by atoms with E-state index in [4.69, 9.17) is 4.74 Å². The van der Waals surface area contributed by atoms with Crippen LogP contribution in [0.5, 0.6) is 5.75 Å². The van der Waals surface area contributed by atoms with Crippen LogP contribution in [0.25, 0.3) is 0 Å². The second-order valence-corrected chi connectivity index (χ2v) is 8.22. The van der Waals surface area contributed by atoms with Gasteiger partial charge in [0.25, 0.3) is 0 Å². The van der Waals surface area contributed by atoms with E-state index < -0.39 is 5.97 Å². The zero-order chi connectivity index (χ0) is 21.2. The minimum atomic E-state index is -0.960. The van der Waals surface area contributed by atoms with Crippen molar-refractivity contribution in [3.05, 3.63) is 77.6 Å². The van der Waals surface area contributed by atoms with Gasteiger partial charge in [-0.05, 0) is 60.6 Å². The minimum absolute atomic E-state index is 0.231. The van der Waals surface area contributed by atoms with Gasteiger partial charge >= 0.3 is 5.97 Å². The van der Waals surface area contributed by atoms with Gasteiger partial charge < -0.3 is 20.5 Å². The van der Waals surface area contributed by atoms with Gasteiger partial charge in [-0.15, -0.1) is 0 Å². The van der Waals surface area contributed by atoms with E-state index >= 15 is 0 Å². The van der Waals surface area contributed by atoms with Gasteiger partial charge in [0.15, 0.2) is 0 Å². The number of pyridine rings is 1. The maximum absolute atomic E-state index is 11.4. The fraction of sp³-hybridized carbons (Fsp3) is 0.280. The first-order valence-corrected chi connectivity index (χ1v) is 10.7. The van der Waals surface area contributed by atoms with Crippen LogP contribution in [0.1, 0.15) is 52.6 Å². The highest BCUT2D eigenvalue weighted by molar-refractivity contribution is 5.93. The van der Waals surface area contributed by atoms with Gasteiger partial charge in [-0.25, -0.2) is 4.79 Å². The average Bonchev–Trinajstić information content (AvgIpc) is 3.63. The molecule has 1 atom stereocenters. The molecule has 1 saturated carbocycles. The van der Waals surface area contributed by atoms with E-state index in [1.165, 1.54) is 30.7 Å². The van der Waals surface area contributed by atoms with Crippen LogP contribution < -0.4 is 15.4 Å². The summed E-state index contributed by atoms with van der Waals surface area (Å²) < 4.78 is 5.93. The number of nitrogens with one attached hydrogen (secondary N) is 2. The number of hydrogen-bond acceptors (Lipinski definition) is 5. The molecule has 2 aliphatic rings. The van der Waals surface area contributed by atoms with Crippen LogP contribution in [0.3, 0.4) is 0 Å². The molecule has 1 aromatic heterocycles. The number of anilines is 3. The van der Waals surface area contributed by atoms with Gasteiger partial charge in [0.2, 0.25) is 0 Å². The van der Waals surface area contributed by atoms with E-state index in [2.05, 4.69) is 52.0 Å². The molecule has 31 heavy (non-hydrogen) atoms. The Bertz CT molecular complexity index is 1090. The second-order valence-electron chi connectivity index (χ2n) is 8.22. The van der Waals surface area contributed by atoms with Crippen LogP contribution in [-0.4, -0.2) is 29.2 Å². The first-order valence-electron chi connectivity index (χ1n) is 10.7. The Kier molecular flexibility index (Phi) is 5.20. The summed E-state index contributed by atoms with van der Waals surface area (Å²) in [4.78, 5) is 15.5. The van der Waals surface area contributed by atoms with Gasteiger partial charge in [0.05, 0.1) is 24.1 Å². The van der Waals surface area contributed by atoms with Crippen LogP contribution in [0.2, 0.25) is 0 Å². The van der Waals surface area contributed by atoms with Gasteiger partial charge in [0, 0.05) is 36.1 Å². The molecule has 0 unspecified atom stereocenters. The molecule has 6 heteroatoms. The second kappa shape index (κ2) is 8.30. The highest BCUT2D eigenvalue weighted by Gasteiger charge is 2.24. The van der Waals surface area contributed by atoms with Gasteiger partial charge in [-0.3, -0.25) is 4.98 Å². The van der Waals surface area contributed by atoms with E-state index in [0.29, 0.717) is 18.8 Å². The summed E-state index contributed by atoms with van der Waals surface area (Å²) in [6, 6.07) is 16.4. The molecule has 0 amide bonds. The van der Waals surface area contributed by atoms with Crippen LogP contribution in [-0.2, 0) is 0 Å². The number of ether oxygens (including phenoxy) is 1. The number of benzene rings is 2. The third-order valence-electron chi connectivity index (χ3n) is 6.02. The van der Waals surface area contributed by atoms with Crippen LogP contribution in [0.4, 0.5) is 17.1 Å². The lowest BCUT2D eigenvalue weighted by atomic mass is 9.92. The zero-order valence-electron chi connectivity index (χ0n) is 17.2. The Hall–Kier alpha value is -3.54. The fourth-order valence-corrected chi connectivity index (χ4v) is 4.13. The summed E-state index contributed by atoms with van der Waals surface area (Å²) in [6.45, 7) is 1.26. The quantitative estimate of drug-likeness (QED) is 0.481. The maximum Gasteiger partial charge on any atom is 0.337 e. The maximum atomic E-state index is 11.4. The van der Waals surface area contributed by atoms with E-state index in [1.54, 1.807) is 6.20 Å².